The predicted octanol–water partition coefficient (Wildman–Crippen LogP) is 2.68. The van der Waals surface area contributed by atoms with Crippen LogP contribution in [0, 0.1) is 12.8 Å². The van der Waals surface area contributed by atoms with Crippen molar-refractivity contribution < 1.29 is 13.2 Å². The molecule has 2 rings (SSSR count). The van der Waals surface area contributed by atoms with Crippen LogP contribution in [0.5, 0.6) is 0 Å². The molecule has 0 N–H and O–H groups in total. The lowest BCUT2D eigenvalue weighted by atomic mass is 10.1. The van der Waals surface area contributed by atoms with E-state index in [0.29, 0.717) is 6.54 Å². The van der Waals surface area contributed by atoms with E-state index in [1.54, 1.807) is 4.90 Å². The van der Waals surface area contributed by atoms with Gasteiger partial charge in [-0.05, 0) is 34.5 Å². The van der Waals surface area contributed by atoms with E-state index in [1.807, 2.05) is 25.1 Å². The number of halogens is 2. The van der Waals surface area contributed by atoms with Crippen LogP contribution < -0.4 is 4.90 Å². The Bertz CT molecular complexity index is 617. The first-order chi connectivity index (χ1) is 8.78. The van der Waals surface area contributed by atoms with Crippen LogP contribution in [0.25, 0.3) is 0 Å². The summed E-state index contributed by atoms with van der Waals surface area (Å²) in [5, 5.41) is 0. The van der Waals surface area contributed by atoms with Gasteiger partial charge in [0.25, 0.3) is 0 Å². The molecule has 1 saturated heterocycles. The summed E-state index contributed by atoms with van der Waals surface area (Å²) in [6.07, 6.45) is 0.215. The molecular weight excluding hydrogens is 354 g/mol. The molecule has 1 aliphatic heterocycles. The second kappa shape index (κ2) is 5.42. The highest BCUT2D eigenvalue weighted by Crippen LogP contribution is 2.33. The van der Waals surface area contributed by atoms with Crippen molar-refractivity contribution in [2.75, 3.05) is 17.2 Å². The Morgan fingerprint density at radius 1 is 1.47 bits per heavy atom. The van der Waals surface area contributed by atoms with Gasteiger partial charge in [-0.1, -0.05) is 12.1 Å². The Morgan fingerprint density at radius 3 is 2.79 bits per heavy atom. The minimum atomic E-state index is -3.57. The van der Waals surface area contributed by atoms with Crippen molar-refractivity contribution in [3.63, 3.8) is 0 Å². The highest BCUT2D eigenvalue weighted by Gasteiger charge is 2.34. The quantitative estimate of drug-likeness (QED) is 0.773. The van der Waals surface area contributed by atoms with Crippen LogP contribution in [-0.4, -0.2) is 26.6 Å². The van der Waals surface area contributed by atoms with Crippen LogP contribution in [0.4, 0.5) is 5.69 Å². The van der Waals surface area contributed by atoms with E-state index in [1.165, 1.54) is 0 Å². The molecule has 0 aromatic heterocycles. The summed E-state index contributed by atoms with van der Waals surface area (Å²) in [5.41, 5.74) is 1.80. The van der Waals surface area contributed by atoms with Crippen molar-refractivity contribution in [1.82, 2.24) is 0 Å². The number of benzene rings is 1. The third-order valence-electron chi connectivity index (χ3n) is 3.10. The smallest absolute Gasteiger partial charge is 0.232 e. The molecule has 1 unspecified atom stereocenters. The summed E-state index contributed by atoms with van der Waals surface area (Å²) in [6, 6.07) is 5.65. The number of hydrogen-bond donors (Lipinski definition) is 0. The number of aryl methyl sites for hydroxylation is 1. The summed E-state index contributed by atoms with van der Waals surface area (Å²) in [5.74, 6) is -0.487. The van der Waals surface area contributed by atoms with E-state index in [-0.39, 0.29) is 24.0 Å². The third kappa shape index (κ3) is 3.49. The first kappa shape index (κ1) is 14.8. The Kier molecular flexibility index (Phi) is 4.23. The zero-order valence-corrected chi connectivity index (χ0v) is 13.4. The van der Waals surface area contributed by atoms with Crippen LogP contribution >= 0.6 is 26.6 Å². The molecule has 1 fully saturated rings. The second-order valence-corrected chi connectivity index (χ2v) is 8.30. The molecule has 1 aliphatic rings. The van der Waals surface area contributed by atoms with Crippen molar-refractivity contribution in [1.29, 1.82) is 0 Å². The molecule has 104 valence electrons. The first-order valence-corrected chi connectivity index (χ1v) is 9.03. The van der Waals surface area contributed by atoms with Crippen molar-refractivity contribution in [3.05, 3.63) is 28.2 Å². The Hall–Kier alpha value is -0.590. The van der Waals surface area contributed by atoms with Gasteiger partial charge in [-0.25, -0.2) is 8.42 Å². The third-order valence-corrected chi connectivity index (χ3v) is 5.38. The van der Waals surface area contributed by atoms with E-state index in [9.17, 15) is 13.2 Å². The van der Waals surface area contributed by atoms with Crippen molar-refractivity contribution >= 4 is 47.3 Å². The van der Waals surface area contributed by atoms with Gasteiger partial charge < -0.3 is 4.90 Å². The lowest BCUT2D eigenvalue weighted by Crippen LogP contribution is -2.25. The minimum absolute atomic E-state index is 0.0726. The van der Waals surface area contributed by atoms with E-state index < -0.39 is 9.05 Å². The molecule has 0 radical (unpaired) electrons. The van der Waals surface area contributed by atoms with Crippen LogP contribution in [0.1, 0.15) is 12.0 Å². The summed E-state index contributed by atoms with van der Waals surface area (Å²) < 4.78 is 23.0. The van der Waals surface area contributed by atoms with E-state index in [0.717, 1.165) is 15.7 Å². The summed E-state index contributed by atoms with van der Waals surface area (Å²) >= 11 is 3.46. The maximum Gasteiger partial charge on any atom is 0.232 e. The molecular formula is C12H13BrClNO3S. The average Bonchev–Trinajstić information content (AvgIpc) is 2.61. The SMILES string of the molecule is Cc1cccc(N2CC(CS(=O)(=O)Cl)CC2=O)c1Br. The number of rotatable bonds is 3. The number of carbonyl (C=O) groups excluding carboxylic acids is 1. The topological polar surface area (TPSA) is 54.5 Å². The van der Waals surface area contributed by atoms with E-state index >= 15 is 0 Å². The predicted molar refractivity (Wildman–Crippen MR) is 79.0 cm³/mol. The number of amides is 1. The van der Waals surface area contributed by atoms with Crippen molar-refractivity contribution in [3.8, 4) is 0 Å². The molecule has 1 aromatic carbocycles. The maximum atomic E-state index is 12.0. The number of carbonyl (C=O) groups is 1. The highest BCUT2D eigenvalue weighted by molar-refractivity contribution is 9.10. The summed E-state index contributed by atoms with van der Waals surface area (Å²) in [7, 11) is 1.67. The molecule has 1 heterocycles. The normalized spacial score (nSPS) is 20.1. The molecule has 0 aliphatic carbocycles. The Morgan fingerprint density at radius 2 is 2.16 bits per heavy atom. The van der Waals surface area contributed by atoms with Crippen LogP contribution in [-0.2, 0) is 13.8 Å². The molecule has 1 aromatic rings. The number of nitrogens with zero attached hydrogens (tertiary/aromatic N) is 1. The van der Waals surface area contributed by atoms with Gasteiger partial charge in [0, 0.05) is 34.0 Å². The fourth-order valence-corrected chi connectivity index (χ4v) is 4.05. The van der Waals surface area contributed by atoms with Gasteiger partial charge in [-0.15, -0.1) is 0 Å². The molecule has 0 bridgehead atoms. The van der Waals surface area contributed by atoms with Gasteiger partial charge in [0.05, 0.1) is 11.4 Å². The molecule has 19 heavy (non-hydrogen) atoms. The molecule has 0 spiro atoms. The average molecular weight is 367 g/mol. The highest BCUT2D eigenvalue weighted by atomic mass is 79.9. The zero-order chi connectivity index (χ0) is 14.2. The van der Waals surface area contributed by atoms with Crippen LogP contribution in [0.3, 0.4) is 0 Å². The van der Waals surface area contributed by atoms with Gasteiger partial charge in [-0.3, -0.25) is 4.79 Å². The summed E-state index contributed by atoms with van der Waals surface area (Å²) in [4.78, 5) is 13.6. The molecule has 1 atom stereocenters. The van der Waals surface area contributed by atoms with Gasteiger partial charge in [0.2, 0.25) is 15.0 Å². The zero-order valence-electron chi connectivity index (χ0n) is 10.3. The molecule has 7 heteroatoms. The van der Waals surface area contributed by atoms with Crippen molar-refractivity contribution in [2.24, 2.45) is 5.92 Å². The van der Waals surface area contributed by atoms with Gasteiger partial charge in [-0.2, -0.15) is 0 Å². The second-order valence-electron chi connectivity index (χ2n) is 4.69. The largest absolute Gasteiger partial charge is 0.311 e. The van der Waals surface area contributed by atoms with Gasteiger partial charge in [0.15, 0.2) is 0 Å². The Labute approximate surface area is 125 Å². The number of anilines is 1. The standard InChI is InChI=1S/C12H13BrClNO3S/c1-8-3-2-4-10(12(8)13)15-6-9(5-11(15)16)7-19(14,17)18/h2-4,9H,5-7H2,1H3. The van der Waals surface area contributed by atoms with Gasteiger partial charge in [0.1, 0.15) is 0 Å². The number of hydrogen-bond acceptors (Lipinski definition) is 3. The summed E-state index contributed by atoms with van der Waals surface area (Å²) in [6.45, 7) is 2.32. The molecule has 4 nitrogen and oxygen atoms in total. The maximum absolute atomic E-state index is 12.0. The molecule has 1 amide bonds. The minimum Gasteiger partial charge on any atom is -0.311 e. The van der Waals surface area contributed by atoms with Crippen LogP contribution in [0.15, 0.2) is 22.7 Å². The first-order valence-electron chi connectivity index (χ1n) is 5.76. The van der Waals surface area contributed by atoms with E-state index in [2.05, 4.69) is 15.9 Å². The fraction of sp³-hybridized carbons (Fsp3) is 0.417. The van der Waals surface area contributed by atoms with Crippen molar-refractivity contribution in [2.45, 2.75) is 13.3 Å². The van der Waals surface area contributed by atoms with Gasteiger partial charge >= 0.3 is 0 Å². The molecule has 0 saturated carbocycles. The lowest BCUT2D eigenvalue weighted by molar-refractivity contribution is -0.117. The van der Waals surface area contributed by atoms with Crippen LogP contribution in [0.2, 0.25) is 0 Å². The fourth-order valence-electron chi connectivity index (χ4n) is 2.25. The monoisotopic (exact) mass is 365 g/mol. The lowest BCUT2D eigenvalue weighted by Gasteiger charge is -2.19. The van der Waals surface area contributed by atoms with E-state index in [4.69, 9.17) is 10.7 Å². The Balaban J connectivity index is 2.23.